The van der Waals surface area contributed by atoms with Gasteiger partial charge in [0.05, 0.1) is 11.6 Å². The maximum atomic E-state index is 13.8. The van der Waals surface area contributed by atoms with Crippen LogP contribution in [-0.2, 0) is 4.79 Å². The van der Waals surface area contributed by atoms with Crippen LogP contribution in [0.4, 0.5) is 20.3 Å². The quantitative estimate of drug-likeness (QED) is 0.749. The summed E-state index contributed by atoms with van der Waals surface area (Å²) < 4.78 is 28.6. The summed E-state index contributed by atoms with van der Waals surface area (Å²) in [5.41, 5.74) is -0.0204. The van der Waals surface area contributed by atoms with Crippen molar-refractivity contribution in [2.75, 3.05) is 23.3 Å². The van der Waals surface area contributed by atoms with E-state index in [-0.39, 0.29) is 17.5 Å². The number of carbonyl (C=O) groups is 1. The van der Waals surface area contributed by atoms with E-state index < -0.39 is 11.6 Å². The van der Waals surface area contributed by atoms with Gasteiger partial charge in [0.1, 0.15) is 18.0 Å². The molecule has 1 aliphatic rings. The summed E-state index contributed by atoms with van der Waals surface area (Å²) >= 11 is 0. The summed E-state index contributed by atoms with van der Waals surface area (Å²) in [5.74, 6) is -0.765. The van der Waals surface area contributed by atoms with Crippen molar-refractivity contribution in [1.29, 1.82) is 0 Å². The number of amides is 1. The molecule has 4 rings (SSSR count). The highest BCUT2D eigenvalue weighted by Crippen LogP contribution is 2.24. The van der Waals surface area contributed by atoms with E-state index in [2.05, 4.69) is 20.5 Å². The summed E-state index contributed by atoms with van der Waals surface area (Å²) in [6.45, 7) is 1.21. The van der Waals surface area contributed by atoms with Crippen LogP contribution in [0.5, 0.6) is 0 Å². The Bertz CT molecular complexity index is 961. The first kappa shape index (κ1) is 18.0. The highest BCUT2D eigenvalue weighted by Gasteiger charge is 2.27. The predicted octanol–water partition coefficient (Wildman–Crippen LogP) is 2.80. The molecule has 0 aliphatic carbocycles. The van der Waals surface area contributed by atoms with Crippen LogP contribution in [0.2, 0.25) is 0 Å². The predicted molar refractivity (Wildman–Crippen MR) is 99.1 cm³/mol. The Hall–Kier alpha value is -3.36. The van der Waals surface area contributed by atoms with E-state index in [1.807, 2.05) is 17.0 Å². The number of hydrogen-bond donors (Lipinski definition) is 1. The molecule has 3 heterocycles. The molecule has 28 heavy (non-hydrogen) atoms. The average Bonchev–Trinajstić information content (AvgIpc) is 3.25. The van der Waals surface area contributed by atoms with E-state index in [1.54, 1.807) is 23.3 Å². The summed E-state index contributed by atoms with van der Waals surface area (Å²) in [6, 6.07) is 6.77. The molecule has 1 amide bonds. The van der Waals surface area contributed by atoms with E-state index in [0.717, 1.165) is 25.1 Å². The Morgan fingerprint density at radius 2 is 1.96 bits per heavy atom. The third-order valence-electron chi connectivity index (χ3n) is 4.71. The van der Waals surface area contributed by atoms with Gasteiger partial charge in [-0.1, -0.05) is 0 Å². The van der Waals surface area contributed by atoms with Gasteiger partial charge in [0, 0.05) is 31.5 Å². The summed E-state index contributed by atoms with van der Waals surface area (Å²) in [5, 5.41) is 11.0. The van der Waals surface area contributed by atoms with Crippen LogP contribution in [-0.4, -0.2) is 38.7 Å². The number of hydrogen-bond acceptors (Lipinski definition) is 5. The van der Waals surface area contributed by atoms with Gasteiger partial charge in [-0.25, -0.2) is 13.8 Å². The molecule has 0 spiro atoms. The van der Waals surface area contributed by atoms with Gasteiger partial charge in [0.2, 0.25) is 5.91 Å². The minimum absolute atomic E-state index is 0.0204. The standard InChI is InChI=1S/C19H18F2N6O/c20-14-3-4-16(15(21)10-14)23-19(28)13-2-1-8-26(11-13)17-5-6-18(25-24-17)27-9-7-22-12-27/h3-7,9-10,12-13H,1-2,8,11H2,(H,23,28). The van der Waals surface area contributed by atoms with Gasteiger partial charge in [0.25, 0.3) is 0 Å². The molecule has 7 nitrogen and oxygen atoms in total. The number of anilines is 2. The van der Waals surface area contributed by atoms with Crippen LogP contribution in [0.1, 0.15) is 12.8 Å². The highest BCUT2D eigenvalue weighted by molar-refractivity contribution is 5.93. The molecule has 1 saturated heterocycles. The zero-order valence-electron chi connectivity index (χ0n) is 14.9. The van der Waals surface area contributed by atoms with Crippen molar-refractivity contribution >= 4 is 17.4 Å². The Morgan fingerprint density at radius 3 is 2.68 bits per heavy atom. The molecular weight excluding hydrogens is 366 g/mol. The SMILES string of the molecule is O=C(Nc1ccc(F)cc1F)C1CCCN(c2ccc(-n3ccnc3)nn2)C1. The number of aromatic nitrogens is 4. The number of nitrogens with zero attached hydrogens (tertiary/aromatic N) is 5. The second kappa shape index (κ2) is 7.71. The van der Waals surface area contributed by atoms with Crippen molar-refractivity contribution in [3.63, 3.8) is 0 Å². The second-order valence-corrected chi connectivity index (χ2v) is 6.62. The number of rotatable bonds is 4. The third-order valence-corrected chi connectivity index (χ3v) is 4.71. The van der Waals surface area contributed by atoms with Crippen LogP contribution < -0.4 is 10.2 Å². The first-order valence-corrected chi connectivity index (χ1v) is 8.93. The van der Waals surface area contributed by atoms with E-state index in [4.69, 9.17) is 0 Å². The van der Waals surface area contributed by atoms with Gasteiger partial charge in [-0.2, -0.15) is 0 Å². The largest absolute Gasteiger partial charge is 0.354 e. The molecule has 3 aromatic rings. The molecule has 1 N–H and O–H groups in total. The zero-order valence-corrected chi connectivity index (χ0v) is 14.9. The van der Waals surface area contributed by atoms with Gasteiger partial charge < -0.3 is 10.2 Å². The molecule has 9 heteroatoms. The molecular formula is C19H18F2N6O. The van der Waals surface area contributed by atoms with Gasteiger partial charge >= 0.3 is 0 Å². The number of carbonyl (C=O) groups excluding carboxylic acids is 1. The van der Waals surface area contributed by atoms with Gasteiger partial charge in [-0.15, -0.1) is 10.2 Å². The van der Waals surface area contributed by atoms with Crippen molar-refractivity contribution in [3.8, 4) is 5.82 Å². The van der Waals surface area contributed by atoms with Crippen molar-refractivity contribution in [2.45, 2.75) is 12.8 Å². The molecule has 0 radical (unpaired) electrons. The van der Waals surface area contributed by atoms with E-state index in [9.17, 15) is 13.6 Å². The summed E-state index contributed by atoms with van der Waals surface area (Å²) in [6.07, 6.45) is 6.56. The molecule has 1 atom stereocenters. The maximum absolute atomic E-state index is 13.8. The molecule has 1 aliphatic heterocycles. The van der Waals surface area contributed by atoms with Gasteiger partial charge in [-0.3, -0.25) is 9.36 Å². The summed E-state index contributed by atoms with van der Waals surface area (Å²) in [4.78, 5) is 18.5. The van der Waals surface area contributed by atoms with Crippen LogP contribution >= 0.6 is 0 Å². The van der Waals surface area contributed by atoms with E-state index in [1.165, 1.54) is 6.07 Å². The van der Waals surface area contributed by atoms with Crippen LogP contribution in [0.25, 0.3) is 5.82 Å². The first-order valence-electron chi connectivity index (χ1n) is 8.93. The van der Waals surface area contributed by atoms with Crippen LogP contribution in [0, 0.1) is 17.6 Å². The lowest BCUT2D eigenvalue weighted by Crippen LogP contribution is -2.41. The number of nitrogens with one attached hydrogen (secondary N) is 1. The lowest BCUT2D eigenvalue weighted by Gasteiger charge is -2.32. The lowest BCUT2D eigenvalue weighted by molar-refractivity contribution is -0.120. The monoisotopic (exact) mass is 384 g/mol. The smallest absolute Gasteiger partial charge is 0.229 e. The number of benzene rings is 1. The fourth-order valence-electron chi connectivity index (χ4n) is 3.24. The molecule has 0 saturated carbocycles. The number of piperidine rings is 1. The first-order chi connectivity index (χ1) is 13.6. The third kappa shape index (κ3) is 3.83. The van der Waals surface area contributed by atoms with Crippen LogP contribution in [0.3, 0.4) is 0 Å². The van der Waals surface area contributed by atoms with Gasteiger partial charge in [0.15, 0.2) is 11.6 Å². The Morgan fingerprint density at radius 1 is 1.14 bits per heavy atom. The Balaban J connectivity index is 1.43. The second-order valence-electron chi connectivity index (χ2n) is 6.62. The molecule has 1 fully saturated rings. The molecule has 2 aromatic heterocycles. The summed E-state index contributed by atoms with van der Waals surface area (Å²) in [7, 11) is 0. The molecule has 1 unspecified atom stereocenters. The normalized spacial score (nSPS) is 16.8. The van der Waals surface area contributed by atoms with Crippen molar-refractivity contribution in [1.82, 2.24) is 19.7 Å². The zero-order chi connectivity index (χ0) is 19.5. The topological polar surface area (TPSA) is 75.9 Å². The number of imidazole rings is 1. The highest BCUT2D eigenvalue weighted by atomic mass is 19.1. The maximum Gasteiger partial charge on any atom is 0.229 e. The minimum Gasteiger partial charge on any atom is -0.354 e. The minimum atomic E-state index is -0.790. The van der Waals surface area contributed by atoms with Crippen LogP contribution in [0.15, 0.2) is 49.1 Å². The number of halogens is 2. The van der Waals surface area contributed by atoms with Crippen molar-refractivity contribution in [3.05, 3.63) is 60.7 Å². The van der Waals surface area contributed by atoms with E-state index >= 15 is 0 Å². The Kier molecular flexibility index (Phi) is 4.96. The van der Waals surface area contributed by atoms with E-state index in [0.29, 0.717) is 24.6 Å². The van der Waals surface area contributed by atoms with Gasteiger partial charge in [-0.05, 0) is 37.1 Å². The van der Waals surface area contributed by atoms with Crippen molar-refractivity contribution in [2.24, 2.45) is 5.92 Å². The lowest BCUT2D eigenvalue weighted by atomic mass is 9.97. The van der Waals surface area contributed by atoms with Crippen molar-refractivity contribution < 1.29 is 13.6 Å². The average molecular weight is 384 g/mol. The molecule has 144 valence electrons. The fourth-order valence-corrected chi connectivity index (χ4v) is 3.24. The molecule has 1 aromatic carbocycles. The molecule has 0 bridgehead atoms. The fraction of sp³-hybridized carbons (Fsp3) is 0.263. The Labute approximate surface area is 160 Å².